The zero-order valence-electron chi connectivity index (χ0n) is 11.6. The molecule has 0 amide bonds. The van der Waals surface area contributed by atoms with Gasteiger partial charge in [0, 0.05) is 18.7 Å². The topological polar surface area (TPSA) is 3.24 Å². The molecule has 1 nitrogen and oxygen atoms in total. The van der Waals surface area contributed by atoms with Crippen molar-refractivity contribution in [2.24, 2.45) is 5.92 Å². The Morgan fingerprint density at radius 2 is 1.72 bits per heavy atom. The lowest BCUT2D eigenvalue weighted by Gasteiger charge is -2.32. The fourth-order valence-corrected chi connectivity index (χ4v) is 2.72. The van der Waals surface area contributed by atoms with Gasteiger partial charge in [0.2, 0.25) is 0 Å². The van der Waals surface area contributed by atoms with Crippen LogP contribution in [0.4, 0.5) is 0 Å². The van der Waals surface area contributed by atoms with Crippen LogP contribution in [-0.4, -0.2) is 23.0 Å². The molecule has 0 aliphatic carbocycles. The van der Waals surface area contributed by atoms with E-state index in [1.54, 1.807) is 0 Å². The van der Waals surface area contributed by atoms with E-state index in [9.17, 15) is 0 Å². The second-order valence-corrected chi connectivity index (χ2v) is 6.14. The normalized spacial score (nSPS) is 17.2. The van der Waals surface area contributed by atoms with Crippen molar-refractivity contribution in [3.8, 4) is 0 Å². The van der Waals surface area contributed by atoms with Gasteiger partial charge in [0.15, 0.2) is 0 Å². The highest BCUT2D eigenvalue weighted by Gasteiger charge is 2.18. The number of nitrogens with zero attached hydrogens (tertiary/aromatic N) is 1. The van der Waals surface area contributed by atoms with Crippen LogP contribution in [0.25, 0.3) is 0 Å². The van der Waals surface area contributed by atoms with Crippen molar-refractivity contribution in [1.82, 2.24) is 4.90 Å². The van der Waals surface area contributed by atoms with Crippen LogP contribution in [0.15, 0.2) is 24.3 Å². The number of benzene rings is 1. The quantitative estimate of drug-likeness (QED) is 0.733. The van der Waals surface area contributed by atoms with Crippen LogP contribution in [0, 0.1) is 5.92 Å². The Bertz CT molecular complexity index is 400. The summed E-state index contributed by atoms with van der Waals surface area (Å²) in [5.74, 6) is 1.44. The minimum atomic E-state index is 0.587. The SMILES string of the molecule is CC1CCN(C(=S)c2ccc(C(C)C)cc2)CC1. The van der Waals surface area contributed by atoms with Crippen LogP contribution in [0.3, 0.4) is 0 Å². The third-order valence-electron chi connectivity index (χ3n) is 3.90. The fraction of sp³-hybridized carbons (Fsp3) is 0.562. The van der Waals surface area contributed by atoms with E-state index in [0.717, 1.165) is 24.0 Å². The maximum atomic E-state index is 5.61. The Hall–Kier alpha value is -0.890. The molecular formula is C16H23NS. The smallest absolute Gasteiger partial charge is 0.109 e. The summed E-state index contributed by atoms with van der Waals surface area (Å²) in [4.78, 5) is 3.39. The molecule has 0 atom stereocenters. The Morgan fingerprint density at radius 3 is 2.22 bits per heavy atom. The third-order valence-corrected chi connectivity index (χ3v) is 4.39. The van der Waals surface area contributed by atoms with Gasteiger partial charge in [-0.15, -0.1) is 0 Å². The van der Waals surface area contributed by atoms with Crippen LogP contribution < -0.4 is 0 Å². The van der Waals surface area contributed by atoms with Crippen molar-refractivity contribution < 1.29 is 0 Å². The van der Waals surface area contributed by atoms with E-state index in [1.165, 1.54) is 24.0 Å². The van der Waals surface area contributed by atoms with Gasteiger partial charge in [-0.3, -0.25) is 0 Å². The van der Waals surface area contributed by atoms with Gasteiger partial charge in [0.25, 0.3) is 0 Å². The minimum Gasteiger partial charge on any atom is -0.362 e. The Kier molecular flexibility index (Phi) is 4.39. The maximum absolute atomic E-state index is 5.61. The first-order valence-corrected chi connectivity index (χ1v) is 7.38. The van der Waals surface area contributed by atoms with Crippen molar-refractivity contribution in [2.45, 2.75) is 39.5 Å². The number of thiocarbonyl (C=S) groups is 1. The van der Waals surface area contributed by atoms with Crippen molar-refractivity contribution in [3.05, 3.63) is 35.4 Å². The summed E-state index contributed by atoms with van der Waals surface area (Å²) in [7, 11) is 0. The minimum absolute atomic E-state index is 0.587. The fourth-order valence-electron chi connectivity index (χ4n) is 2.40. The molecule has 0 radical (unpaired) electrons. The zero-order chi connectivity index (χ0) is 13.1. The van der Waals surface area contributed by atoms with E-state index >= 15 is 0 Å². The summed E-state index contributed by atoms with van der Waals surface area (Å²) >= 11 is 5.61. The largest absolute Gasteiger partial charge is 0.362 e. The van der Waals surface area contributed by atoms with Crippen LogP contribution in [0.1, 0.15) is 50.7 Å². The molecule has 1 heterocycles. The Labute approximate surface area is 116 Å². The molecule has 1 aromatic rings. The average molecular weight is 261 g/mol. The molecule has 0 aromatic heterocycles. The average Bonchev–Trinajstić information content (AvgIpc) is 2.39. The van der Waals surface area contributed by atoms with Gasteiger partial charge in [-0.25, -0.2) is 0 Å². The van der Waals surface area contributed by atoms with Gasteiger partial charge in [0.1, 0.15) is 4.99 Å². The predicted octanol–water partition coefficient (Wildman–Crippen LogP) is 4.22. The third kappa shape index (κ3) is 3.11. The summed E-state index contributed by atoms with van der Waals surface area (Å²) < 4.78 is 0. The van der Waals surface area contributed by atoms with Gasteiger partial charge >= 0.3 is 0 Å². The Balaban J connectivity index is 2.04. The van der Waals surface area contributed by atoms with Gasteiger partial charge in [-0.05, 0) is 30.2 Å². The first-order chi connectivity index (χ1) is 8.58. The van der Waals surface area contributed by atoms with E-state index in [1.807, 2.05) is 0 Å². The second kappa shape index (κ2) is 5.83. The Morgan fingerprint density at radius 1 is 1.17 bits per heavy atom. The zero-order valence-corrected chi connectivity index (χ0v) is 12.5. The number of piperidine rings is 1. The number of hydrogen-bond donors (Lipinski definition) is 0. The molecule has 0 N–H and O–H groups in total. The highest BCUT2D eigenvalue weighted by atomic mass is 32.1. The summed E-state index contributed by atoms with van der Waals surface area (Å²) in [6, 6.07) is 8.77. The van der Waals surface area contributed by atoms with Crippen LogP contribution in [0.5, 0.6) is 0 Å². The first kappa shape index (κ1) is 13.5. The van der Waals surface area contributed by atoms with E-state index in [4.69, 9.17) is 12.2 Å². The number of hydrogen-bond acceptors (Lipinski definition) is 1. The molecule has 2 rings (SSSR count). The molecule has 98 valence electrons. The molecule has 2 heteroatoms. The van der Waals surface area contributed by atoms with Crippen molar-refractivity contribution in [2.75, 3.05) is 13.1 Å². The van der Waals surface area contributed by atoms with Crippen LogP contribution in [-0.2, 0) is 0 Å². The maximum Gasteiger partial charge on any atom is 0.109 e. The van der Waals surface area contributed by atoms with Crippen LogP contribution >= 0.6 is 12.2 Å². The molecule has 0 spiro atoms. The standard InChI is InChI=1S/C16H23NS/c1-12(2)14-4-6-15(7-5-14)16(18)17-10-8-13(3)9-11-17/h4-7,12-13H,8-11H2,1-3H3. The lowest BCUT2D eigenvalue weighted by Crippen LogP contribution is -2.37. The summed E-state index contributed by atoms with van der Waals surface area (Å²) in [6.45, 7) is 9.01. The van der Waals surface area contributed by atoms with Gasteiger partial charge in [0.05, 0.1) is 0 Å². The first-order valence-electron chi connectivity index (χ1n) is 6.97. The number of rotatable bonds is 2. The van der Waals surface area contributed by atoms with E-state index in [-0.39, 0.29) is 0 Å². The van der Waals surface area contributed by atoms with Crippen molar-refractivity contribution >= 4 is 17.2 Å². The van der Waals surface area contributed by atoms with Crippen molar-refractivity contribution in [1.29, 1.82) is 0 Å². The van der Waals surface area contributed by atoms with Crippen molar-refractivity contribution in [3.63, 3.8) is 0 Å². The molecule has 0 saturated carbocycles. The molecule has 1 saturated heterocycles. The molecule has 1 aromatic carbocycles. The highest BCUT2D eigenvalue weighted by Crippen LogP contribution is 2.20. The summed E-state index contributed by atoms with van der Waals surface area (Å²) in [6.07, 6.45) is 2.54. The monoisotopic (exact) mass is 261 g/mol. The van der Waals surface area contributed by atoms with E-state index in [0.29, 0.717) is 5.92 Å². The van der Waals surface area contributed by atoms with Gasteiger partial charge < -0.3 is 4.90 Å². The molecule has 0 unspecified atom stereocenters. The molecule has 1 aliphatic heterocycles. The summed E-state index contributed by atoms with van der Waals surface area (Å²) in [5.41, 5.74) is 2.58. The molecule has 1 fully saturated rings. The molecule has 1 aliphatic rings. The molecule has 18 heavy (non-hydrogen) atoms. The predicted molar refractivity (Wildman–Crippen MR) is 82.2 cm³/mol. The highest BCUT2D eigenvalue weighted by molar-refractivity contribution is 7.80. The van der Waals surface area contributed by atoms with E-state index in [2.05, 4.69) is 49.9 Å². The van der Waals surface area contributed by atoms with Gasteiger partial charge in [-0.2, -0.15) is 0 Å². The lowest BCUT2D eigenvalue weighted by molar-refractivity contribution is 0.284. The number of likely N-dealkylation sites (tertiary alicyclic amines) is 1. The van der Waals surface area contributed by atoms with E-state index < -0.39 is 0 Å². The second-order valence-electron chi connectivity index (χ2n) is 5.75. The molecule has 0 bridgehead atoms. The lowest BCUT2D eigenvalue weighted by atomic mass is 9.98. The van der Waals surface area contributed by atoms with Gasteiger partial charge in [-0.1, -0.05) is 57.3 Å². The summed E-state index contributed by atoms with van der Waals surface area (Å²) in [5, 5.41) is 0. The molecular weight excluding hydrogens is 238 g/mol. The van der Waals surface area contributed by atoms with Crippen LogP contribution in [0.2, 0.25) is 0 Å².